The lowest BCUT2D eigenvalue weighted by atomic mass is 9.99. The van der Waals surface area contributed by atoms with Crippen molar-refractivity contribution < 1.29 is 0 Å². The Morgan fingerprint density at radius 1 is 1.29 bits per heavy atom. The van der Waals surface area contributed by atoms with Crippen LogP contribution in [-0.2, 0) is 6.54 Å². The number of pyridine rings is 1. The first-order chi connectivity index (χ1) is 11.7. The second-order valence-corrected chi connectivity index (χ2v) is 7.34. The van der Waals surface area contributed by atoms with Crippen molar-refractivity contribution in [3.8, 4) is 0 Å². The van der Waals surface area contributed by atoms with Crippen LogP contribution < -0.4 is 0 Å². The molecule has 1 aromatic carbocycles. The van der Waals surface area contributed by atoms with Crippen LogP contribution in [0.15, 0.2) is 53.3 Å². The first kappa shape index (κ1) is 15.9. The van der Waals surface area contributed by atoms with Crippen molar-refractivity contribution in [3.63, 3.8) is 0 Å². The van der Waals surface area contributed by atoms with Crippen LogP contribution in [-0.4, -0.2) is 28.0 Å². The molecule has 0 unspecified atom stereocenters. The smallest absolute Gasteiger partial charge is 0.137 e. The summed E-state index contributed by atoms with van der Waals surface area (Å²) in [6.07, 6.45) is 7.27. The largest absolute Gasteiger partial charge is 0.346 e. The molecule has 24 heavy (non-hydrogen) atoms. The van der Waals surface area contributed by atoms with Gasteiger partial charge in [-0.3, -0.25) is 4.90 Å². The molecule has 0 atom stereocenters. The number of aromatic nitrogens is 2. The molecular formula is C19H17BrClN3. The van der Waals surface area contributed by atoms with E-state index in [0.29, 0.717) is 0 Å². The molecule has 0 amide bonds. The highest BCUT2D eigenvalue weighted by Crippen LogP contribution is 2.29. The summed E-state index contributed by atoms with van der Waals surface area (Å²) in [6, 6.07) is 10.1. The maximum Gasteiger partial charge on any atom is 0.137 e. The molecule has 4 rings (SSSR count). The van der Waals surface area contributed by atoms with Gasteiger partial charge in [-0.25, -0.2) is 4.98 Å². The third-order valence-corrected chi connectivity index (χ3v) is 5.50. The second kappa shape index (κ2) is 6.71. The molecule has 0 radical (unpaired) electrons. The van der Waals surface area contributed by atoms with Crippen LogP contribution in [0.3, 0.4) is 0 Å². The number of rotatable bonds is 3. The predicted molar refractivity (Wildman–Crippen MR) is 103 cm³/mol. The molecule has 3 heterocycles. The molecule has 5 heteroatoms. The highest BCUT2D eigenvalue weighted by Gasteiger charge is 2.16. The van der Waals surface area contributed by atoms with E-state index in [4.69, 9.17) is 11.6 Å². The number of hydrogen-bond donors (Lipinski definition) is 1. The second-order valence-electron chi connectivity index (χ2n) is 6.05. The summed E-state index contributed by atoms with van der Waals surface area (Å²) >= 11 is 9.74. The molecule has 1 aliphatic heterocycles. The molecule has 3 nitrogen and oxygen atoms in total. The Kier molecular flexibility index (Phi) is 4.44. The van der Waals surface area contributed by atoms with Crippen LogP contribution in [0.25, 0.3) is 16.6 Å². The molecule has 3 aromatic rings. The van der Waals surface area contributed by atoms with Gasteiger partial charge in [0.15, 0.2) is 0 Å². The van der Waals surface area contributed by atoms with E-state index < -0.39 is 0 Å². The van der Waals surface area contributed by atoms with Gasteiger partial charge in [0.1, 0.15) is 5.65 Å². The van der Waals surface area contributed by atoms with Crippen molar-refractivity contribution in [2.24, 2.45) is 0 Å². The predicted octanol–water partition coefficient (Wildman–Crippen LogP) is 5.27. The Morgan fingerprint density at radius 3 is 3.04 bits per heavy atom. The maximum atomic E-state index is 6.12. The van der Waals surface area contributed by atoms with Gasteiger partial charge in [0.2, 0.25) is 0 Å². The molecule has 0 saturated heterocycles. The monoisotopic (exact) mass is 401 g/mol. The summed E-state index contributed by atoms with van der Waals surface area (Å²) in [5, 5.41) is 1.99. The lowest BCUT2D eigenvalue weighted by Crippen LogP contribution is -2.28. The van der Waals surface area contributed by atoms with Crippen molar-refractivity contribution in [1.82, 2.24) is 14.9 Å². The molecule has 0 fully saturated rings. The Hall–Kier alpha value is -1.62. The van der Waals surface area contributed by atoms with Gasteiger partial charge >= 0.3 is 0 Å². The highest BCUT2D eigenvalue weighted by molar-refractivity contribution is 9.10. The summed E-state index contributed by atoms with van der Waals surface area (Å²) in [7, 11) is 0. The van der Waals surface area contributed by atoms with Crippen molar-refractivity contribution in [1.29, 1.82) is 0 Å². The standard InChI is InChI=1S/C19H17BrClN3/c20-18-4-3-15(21)10-14(18)12-24-8-5-13(6-9-24)17-11-23-19-16(17)2-1-7-22-19/h1-5,7,10-11H,6,8-9,12H2,(H,22,23). The summed E-state index contributed by atoms with van der Waals surface area (Å²) in [4.78, 5) is 10.1. The third-order valence-electron chi connectivity index (χ3n) is 4.49. The van der Waals surface area contributed by atoms with Crippen LogP contribution in [0.5, 0.6) is 0 Å². The van der Waals surface area contributed by atoms with E-state index in [2.05, 4.69) is 49.1 Å². The van der Waals surface area contributed by atoms with Crippen molar-refractivity contribution in [2.45, 2.75) is 13.0 Å². The zero-order valence-electron chi connectivity index (χ0n) is 13.1. The molecular weight excluding hydrogens is 386 g/mol. The summed E-state index contributed by atoms with van der Waals surface area (Å²) in [6.45, 7) is 2.89. The highest BCUT2D eigenvalue weighted by atomic mass is 79.9. The number of H-pyrrole nitrogens is 1. The minimum Gasteiger partial charge on any atom is -0.346 e. The first-order valence-corrected chi connectivity index (χ1v) is 9.15. The van der Waals surface area contributed by atoms with E-state index in [1.54, 1.807) is 0 Å². The minimum atomic E-state index is 0.785. The Morgan fingerprint density at radius 2 is 2.21 bits per heavy atom. The Bertz CT molecular complexity index is 916. The van der Waals surface area contributed by atoms with Gasteiger partial charge in [-0.05, 0) is 47.9 Å². The van der Waals surface area contributed by atoms with Crippen molar-refractivity contribution in [3.05, 3.63) is 69.4 Å². The van der Waals surface area contributed by atoms with Crippen LogP contribution in [0.2, 0.25) is 5.02 Å². The van der Waals surface area contributed by atoms with Crippen LogP contribution in [0, 0.1) is 0 Å². The van der Waals surface area contributed by atoms with Crippen molar-refractivity contribution >= 4 is 44.1 Å². The van der Waals surface area contributed by atoms with Gasteiger partial charge in [0.25, 0.3) is 0 Å². The summed E-state index contributed by atoms with van der Waals surface area (Å²) < 4.78 is 1.12. The van der Waals surface area contributed by atoms with Gasteiger partial charge in [-0.1, -0.05) is 33.6 Å². The van der Waals surface area contributed by atoms with E-state index in [1.165, 1.54) is 22.1 Å². The lowest BCUT2D eigenvalue weighted by Gasteiger charge is -2.26. The fourth-order valence-corrected chi connectivity index (χ4v) is 3.79. The van der Waals surface area contributed by atoms with Gasteiger partial charge in [0, 0.05) is 52.5 Å². The molecule has 0 saturated carbocycles. The molecule has 0 bridgehead atoms. The van der Waals surface area contributed by atoms with E-state index in [-0.39, 0.29) is 0 Å². The van der Waals surface area contributed by atoms with Gasteiger partial charge in [-0.2, -0.15) is 0 Å². The summed E-state index contributed by atoms with van der Waals surface area (Å²) in [5.74, 6) is 0. The quantitative estimate of drug-likeness (QED) is 0.647. The third kappa shape index (κ3) is 3.14. The molecule has 122 valence electrons. The van der Waals surface area contributed by atoms with Gasteiger partial charge < -0.3 is 4.98 Å². The van der Waals surface area contributed by atoms with Crippen LogP contribution >= 0.6 is 27.5 Å². The lowest BCUT2D eigenvalue weighted by molar-refractivity contribution is 0.293. The molecule has 2 aromatic heterocycles. The van der Waals surface area contributed by atoms with Gasteiger partial charge in [0.05, 0.1) is 0 Å². The zero-order valence-corrected chi connectivity index (χ0v) is 15.4. The maximum absolute atomic E-state index is 6.12. The van der Waals surface area contributed by atoms with E-state index in [1.807, 2.05) is 30.5 Å². The number of nitrogens with zero attached hydrogens (tertiary/aromatic N) is 2. The van der Waals surface area contributed by atoms with Gasteiger partial charge in [-0.15, -0.1) is 0 Å². The first-order valence-electron chi connectivity index (χ1n) is 7.98. The minimum absolute atomic E-state index is 0.785. The number of nitrogens with one attached hydrogen (secondary N) is 1. The molecule has 0 aliphatic carbocycles. The fourth-order valence-electron chi connectivity index (χ4n) is 3.23. The molecule has 1 aliphatic rings. The number of benzene rings is 1. The average Bonchev–Trinajstić information content (AvgIpc) is 3.03. The van der Waals surface area contributed by atoms with E-state index in [0.717, 1.165) is 41.2 Å². The van der Waals surface area contributed by atoms with Crippen LogP contribution in [0.1, 0.15) is 17.5 Å². The number of halogens is 2. The van der Waals surface area contributed by atoms with E-state index in [9.17, 15) is 0 Å². The molecule has 1 N–H and O–H groups in total. The van der Waals surface area contributed by atoms with E-state index >= 15 is 0 Å². The molecule has 0 spiro atoms. The number of fused-ring (bicyclic) bond motifs is 1. The SMILES string of the molecule is Clc1ccc(Br)c(CN2CC=C(c3c[nH]c4ncccc34)CC2)c1. The average molecular weight is 403 g/mol. The normalized spacial score (nSPS) is 15.7. The summed E-state index contributed by atoms with van der Waals surface area (Å²) in [5.41, 5.74) is 4.87. The number of aromatic amines is 1. The van der Waals surface area contributed by atoms with Crippen LogP contribution in [0.4, 0.5) is 0 Å². The van der Waals surface area contributed by atoms with Crippen molar-refractivity contribution in [2.75, 3.05) is 13.1 Å². The number of hydrogen-bond acceptors (Lipinski definition) is 2. The Balaban J connectivity index is 1.52. The topological polar surface area (TPSA) is 31.9 Å². The Labute approximate surface area is 154 Å². The fraction of sp³-hybridized carbons (Fsp3) is 0.211. The zero-order chi connectivity index (χ0) is 16.5.